The van der Waals surface area contributed by atoms with E-state index in [4.69, 9.17) is 4.74 Å². The van der Waals surface area contributed by atoms with E-state index in [9.17, 15) is 14.7 Å². The maximum atomic E-state index is 12.7. The van der Waals surface area contributed by atoms with Crippen LogP contribution in [0.2, 0.25) is 0 Å². The van der Waals surface area contributed by atoms with Gasteiger partial charge in [-0.2, -0.15) is 0 Å². The Morgan fingerprint density at radius 2 is 1.58 bits per heavy atom. The monoisotopic (exact) mass is 411 g/mol. The lowest BCUT2D eigenvalue weighted by molar-refractivity contribution is -0.115. The van der Waals surface area contributed by atoms with Crippen LogP contribution in [0.5, 0.6) is 5.75 Å². The highest BCUT2D eigenvalue weighted by molar-refractivity contribution is 6.02. The molecule has 4 aromatic carbocycles. The first-order valence-corrected chi connectivity index (χ1v) is 9.91. The van der Waals surface area contributed by atoms with E-state index in [0.717, 1.165) is 21.9 Å². The highest BCUT2D eigenvalue weighted by Crippen LogP contribution is 2.24. The zero-order valence-corrected chi connectivity index (χ0v) is 16.7. The smallest absolute Gasteiger partial charge is 0.337 e. The van der Waals surface area contributed by atoms with Crippen molar-refractivity contribution >= 4 is 28.3 Å². The fourth-order valence-electron chi connectivity index (χ4n) is 3.45. The van der Waals surface area contributed by atoms with Gasteiger partial charge in [-0.15, -0.1) is 0 Å². The van der Waals surface area contributed by atoms with E-state index in [1.165, 1.54) is 6.07 Å². The molecule has 154 valence electrons. The fourth-order valence-corrected chi connectivity index (χ4v) is 3.45. The summed E-state index contributed by atoms with van der Waals surface area (Å²) < 4.78 is 5.71. The van der Waals surface area contributed by atoms with Gasteiger partial charge in [0, 0.05) is 0 Å². The van der Waals surface area contributed by atoms with Gasteiger partial charge >= 0.3 is 5.97 Å². The second-order valence-corrected chi connectivity index (χ2v) is 7.15. The Balaban J connectivity index is 1.49. The van der Waals surface area contributed by atoms with Gasteiger partial charge in [-0.1, -0.05) is 72.8 Å². The summed E-state index contributed by atoms with van der Waals surface area (Å²) in [5.41, 5.74) is 2.09. The van der Waals surface area contributed by atoms with E-state index in [0.29, 0.717) is 12.4 Å². The zero-order chi connectivity index (χ0) is 21.6. The topological polar surface area (TPSA) is 75.6 Å². The van der Waals surface area contributed by atoms with Crippen LogP contribution in [-0.2, 0) is 17.8 Å². The summed E-state index contributed by atoms with van der Waals surface area (Å²) in [5.74, 6) is -0.990. The quantitative estimate of drug-likeness (QED) is 0.433. The minimum atomic E-state index is -1.13. The van der Waals surface area contributed by atoms with Crippen molar-refractivity contribution in [2.45, 2.75) is 13.0 Å². The number of benzene rings is 4. The third kappa shape index (κ3) is 4.90. The molecule has 0 spiro atoms. The number of ether oxygens (including phenoxy) is 1. The standard InChI is InChI=1S/C26H21NO4/c28-25(15-20-11-6-10-19-9-4-5-12-22(19)20)27-24-14-13-21(16-23(24)26(29)30)31-17-18-7-2-1-3-8-18/h1-14,16H,15,17H2,(H,27,28)(H,29,30). The van der Waals surface area contributed by atoms with Crippen LogP contribution in [0.3, 0.4) is 0 Å². The number of hydrogen-bond acceptors (Lipinski definition) is 3. The molecule has 0 saturated carbocycles. The normalized spacial score (nSPS) is 10.6. The van der Waals surface area contributed by atoms with Crippen LogP contribution in [0.4, 0.5) is 5.69 Å². The number of amides is 1. The minimum Gasteiger partial charge on any atom is -0.489 e. The fraction of sp³-hybridized carbons (Fsp3) is 0.0769. The molecule has 5 heteroatoms. The van der Waals surface area contributed by atoms with Crippen molar-refractivity contribution in [3.05, 3.63) is 108 Å². The van der Waals surface area contributed by atoms with Crippen LogP contribution in [-0.4, -0.2) is 17.0 Å². The van der Waals surface area contributed by atoms with Crippen molar-refractivity contribution in [1.82, 2.24) is 0 Å². The molecule has 0 fully saturated rings. The predicted octanol–water partition coefficient (Wildman–Crippen LogP) is 5.30. The van der Waals surface area contributed by atoms with Gasteiger partial charge in [-0.3, -0.25) is 4.79 Å². The molecule has 0 bridgehead atoms. The number of carbonyl (C=O) groups is 2. The van der Waals surface area contributed by atoms with Crippen molar-refractivity contribution < 1.29 is 19.4 Å². The molecular weight excluding hydrogens is 390 g/mol. The van der Waals surface area contributed by atoms with Crippen LogP contribution in [0.1, 0.15) is 21.5 Å². The van der Waals surface area contributed by atoms with Crippen molar-refractivity contribution in [3.63, 3.8) is 0 Å². The van der Waals surface area contributed by atoms with Gasteiger partial charge in [0.25, 0.3) is 0 Å². The highest BCUT2D eigenvalue weighted by atomic mass is 16.5. The summed E-state index contributed by atoms with van der Waals surface area (Å²) in [7, 11) is 0. The molecule has 0 unspecified atom stereocenters. The summed E-state index contributed by atoms with van der Waals surface area (Å²) >= 11 is 0. The van der Waals surface area contributed by atoms with E-state index in [-0.39, 0.29) is 23.6 Å². The molecule has 0 heterocycles. The second kappa shape index (κ2) is 9.13. The molecule has 1 amide bonds. The Bertz CT molecular complexity index is 1230. The molecule has 0 saturated heterocycles. The number of nitrogens with one attached hydrogen (secondary N) is 1. The molecule has 4 aromatic rings. The van der Waals surface area contributed by atoms with Crippen LogP contribution >= 0.6 is 0 Å². The van der Waals surface area contributed by atoms with Crippen molar-refractivity contribution in [2.75, 3.05) is 5.32 Å². The summed E-state index contributed by atoms with van der Waals surface area (Å²) in [6.07, 6.45) is 0.146. The number of hydrogen-bond donors (Lipinski definition) is 2. The summed E-state index contributed by atoms with van der Waals surface area (Å²) in [6, 6.07) is 27.9. The van der Waals surface area contributed by atoms with Gasteiger partial charge in [0.1, 0.15) is 12.4 Å². The molecule has 0 aromatic heterocycles. The summed E-state index contributed by atoms with van der Waals surface area (Å²) in [6.45, 7) is 0.326. The van der Waals surface area contributed by atoms with Crippen LogP contribution in [0, 0.1) is 0 Å². The largest absolute Gasteiger partial charge is 0.489 e. The van der Waals surface area contributed by atoms with Crippen LogP contribution in [0.15, 0.2) is 91.0 Å². The molecule has 0 atom stereocenters. The van der Waals surface area contributed by atoms with Gasteiger partial charge in [-0.05, 0) is 40.1 Å². The third-order valence-corrected chi connectivity index (χ3v) is 4.97. The SMILES string of the molecule is O=C(Cc1cccc2ccccc12)Nc1ccc(OCc2ccccc2)cc1C(=O)O. The summed E-state index contributed by atoms with van der Waals surface area (Å²) in [4.78, 5) is 24.4. The Hall–Kier alpha value is -4.12. The zero-order valence-electron chi connectivity index (χ0n) is 16.7. The number of carbonyl (C=O) groups excluding carboxylic acids is 1. The van der Waals surface area contributed by atoms with Crippen molar-refractivity contribution in [3.8, 4) is 5.75 Å². The van der Waals surface area contributed by atoms with Crippen molar-refractivity contribution in [1.29, 1.82) is 0 Å². The Kier molecular flexibility index (Phi) is 5.94. The lowest BCUT2D eigenvalue weighted by Gasteiger charge is -2.12. The minimum absolute atomic E-state index is 0.0168. The average Bonchev–Trinajstić information content (AvgIpc) is 2.79. The van der Waals surface area contributed by atoms with Gasteiger partial charge in [0.05, 0.1) is 17.7 Å². The van der Waals surface area contributed by atoms with Gasteiger partial charge < -0.3 is 15.2 Å². The molecule has 31 heavy (non-hydrogen) atoms. The maximum absolute atomic E-state index is 12.7. The molecular formula is C26H21NO4. The molecule has 4 rings (SSSR count). The summed E-state index contributed by atoms with van der Waals surface area (Å²) in [5, 5.41) is 14.4. The van der Waals surface area contributed by atoms with E-state index < -0.39 is 5.97 Å². The highest BCUT2D eigenvalue weighted by Gasteiger charge is 2.15. The molecule has 2 N–H and O–H groups in total. The number of fused-ring (bicyclic) bond motifs is 1. The predicted molar refractivity (Wildman–Crippen MR) is 120 cm³/mol. The average molecular weight is 411 g/mol. The second-order valence-electron chi connectivity index (χ2n) is 7.15. The van der Waals surface area contributed by atoms with Gasteiger partial charge in [0.15, 0.2) is 0 Å². The third-order valence-electron chi connectivity index (χ3n) is 4.97. The Morgan fingerprint density at radius 1 is 0.839 bits per heavy atom. The van der Waals surface area contributed by atoms with Crippen molar-refractivity contribution in [2.24, 2.45) is 0 Å². The lowest BCUT2D eigenvalue weighted by Crippen LogP contribution is -2.17. The number of aromatic carboxylic acids is 1. The molecule has 0 aliphatic rings. The first-order valence-electron chi connectivity index (χ1n) is 9.91. The van der Waals surface area contributed by atoms with E-state index >= 15 is 0 Å². The molecule has 0 aliphatic heterocycles. The number of carboxylic acid groups (broad SMARTS) is 1. The molecule has 5 nitrogen and oxygen atoms in total. The molecule has 0 radical (unpaired) electrons. The molecule has 0 aliphatic carbocycles. The lowest BCUT2D eigenvalue weighted by atomic mass is 10.0. The van der Waals surface area contributed by atoms with Crippen LogP contribution < -0.4 is 10.1 Å². The van der Waals surface area contributed by atoms with E-state index in [1.54, 1.807) is 12.1 Å². The van der Waals surface area contributed by atoms with Gasteiger partial charge in [-0.25, -0.2) is 4.79 Å². The first-order chi connectivity index (χ1) is 15.1. The Morgan fingerprint density at radius 3 is 2.39 bits per heavy atom. The number of carboxylic acids is 1. The van der Waals surface area contributed by atoms with E-state index in [2.05, 4.69) is 5.32 Å². The van der Waals surface area contributed by atoms with E-state index in [1.807, 2.05) is 72.8 Å². The number of anilines is 1. The van der Waals surface area contributed by atoms with Gasteiger partial charge in [0.2, 0.25) is 5.91 Å². The maximum Gasteiger partial charge on any atom is 0.337 e. The Labute approximate surface area is 179 Å². The first kappa shape index (κ1) is 20.2. The number of rotatable bonds is 7. The van der Waals surface area contributed by atoms with Crippen LogP contribution in [0.25, 0.3) is 10.8 Å².